The van der Waals surface area contributed by atoms with Crippen molar-refractivity contribution in [2.45, 2.75) is 58.0 Å². The van der Waals surface area contributed by atoms with Crippen LogP contribution in [0.2, 0.25) is 0 Å². The van der Waals surface area contributed by atoms with E-state index in [9.17, 15) is 0 Å². The molecule has 5 heteroatoms. The molecule has 2 aromatic rings. The lowest BCUT2D eigenvalue weighted by Gasteiger charge is -2.24. The molecular formula is C15H21N5. The van der Waals surface area contributed by atoms with Crippen LogP contribution in [-0.4, -0.2) is 25.6 Å². The van der Waals surface area contributed by atoms with Crippen LogP contribution in [0.5, 0.6) is 0 Å². The average molecular weight is 271 g/mol. The number of hydrogen-bond acceptors (Lipinski definition) is 4. The third-order valence-corrected chi connectivity index (χ3v) is 4.89. The highest BCUT2D eigenvalue weighted by Gasteiger charge is 2.37. The zero-order valence-electron chi connectivity index (χ0n) is 12.1. The molecule has 0 spiro atoms. The lowest BCUT2D eigenvalue weighted by molar-refractivity contribution is 0.325. The minimum Gasteiger partial charge on any atom is -0.304 e. The van der Waals surface area contributed by atoms with Gasteiger partial charge >= 0.3 is 0 Å². The van der Waals surface area contributed by atoms with Gasteiger partial charge in [-0.1, -0.05) is 12.8 Å². The van der Waals surface area contributed by atoms with E-state index < -0.39 is 0 Å². The Hall–Kier alpha value is -1.49. The molecule has 0 radical (unpaired) electrons. The summed E-state index contributed by atoms with van der Waals surface area (Å²) < 4.78 is 2.11. The number of nitrogens with zero attached hydrogens (tertiary/aromatic N) is 4. The predicted octanol–water partition coefficient (Wildman–Crippen LogP) is 2.33. The molecule has 4 rings (SSSR count). The van der Waals surface area contributed by atoms with Crippen molar-refractivity contribution in [2.75, 3.05) is 0 Å². The van der Waals surface area contributed by atoms with Gasteiger partial charge in [-0.05, 0) is 39.0 Å². The van der Waals surface area contributed by atoms with E-state index in [-0.39, 0.29) is 0 Å². The van der Waals surface area contributed by atoms with Crippen LogP contribution in [0, 0.1) is 19.8 Å². The summed E-state index contributed by atoms with van der Waals surface area (Å²) in [5.41, 5.74) is 1.92. The van der Waals surface area contributed by atoms with Crippen LogP contribution in [0.15, 0.2) is 6.07 Å². The van der Waals surface area contributed by atoms with Crippen molar-refractivity contribution in [2.24, 2.45) is 5.92 Å². The first-order valence-corrected chi connectivity index (χ1v) is 7.67. The maximum absolute atomic E-state index is 4.55. The summed E-state index contributed by atoms with van der Waals surface area (Å²) in [6.07, 6.45) is 6.62. The van der Waals surface area contributed by atoms with Crippen LogP contribution in [0.1, 0.15) is 55.5 Å². The Balaban J connectivity index is 1.72. The number of aromatic nitrogens is 4. The molecule has 2 fully saturated rings. The van der Waals surface area contributed by atoms with Gasteiger partial charge in [-0.2, -0.15) is 0 Å². The predicted molar refractivity (Wildman–Crippen MR) is 76.5 cm³/mol. The number of nitrogens with one attached hydrogen (secondary N) is 1. The van der Waals surface area contributed by atoms with Crippen LogP contribution in [0.3, 0.4) is 0 Å². The van der Waals surface area contributed by atoms with Gasteiger partial charge in [-0.3, -0.25) is 4.40 Å². The normalized spacial score (nSPS) is 29.8. The first-order chi connectivity index (χ1) is 9.72. The van der Waals surface area contributed by atoms with Gasteiger partial charge in [0, 0.05) is 17.8 Å². The number of fused-ring (bicyclic) bond motifs is 2. The second kappa shape index (κ2) is 4.52. The number of rotatable bonds is 1. The second-order valence-corrected chi connectivity index (χ2v) is 6.30. The Bertz CT molecular complexity index is 633. The van der Waals surface area contributed by atoms with Crippen LogP contribution < -0.4 is 5.32 Å². The van der Waals surface area contributed by atoms with E-state index in [0.29, 0.717) is 12.1 Å². The smallest absolute Gasteiger partial charge is 0.164 e. The van der Waals surface area contributed by atoms with Gasteiger partial charge in [0.1, 0.15) is 5.82 Å². The number of aryl methyl sites for hydroxylation is 2. The van der Waals surface area contributed by atoms with Crippen molar-refractivity contribution < 1.29 is 0 Å². The molecule has 20 heavy (non-hydrogen) atoms. The van der Waals surface area contributed by atoms with E-state index in [1.165, 1.54) is 32.1 Å². The lowest BCUT2D eigenvalue weighted by Crippen LogP contribution is -2.31. The van der Waals surface area contributed by atoms with E-state index in [1.807, 2.05) is 19.9 Å². The highest BCUT2D eigenvalue weighted by atomic mass is 15.3. The topological polar surface area (TPSA) is 55.1 Å². The Morgan fingerprint density at radius 3 is 2.90 bits per heavy atom. The van der Waals surface area contributed by atoms with Gasteiger partial charge in [0.15, 0.2) is 11.5 Å². The summed E-state index contributed by atoms with van der Waals surface area (Å²) in [5, 5.41) is 12.6. The molecule has 106 valence electrons. The fraction of sp³-hybridized carbons (Fsp3) is 0.667. The van der Waals surface area contributed by atoms with Gasteiger partial charge < -0.3 is 5.32 Å². The van der Waals surface area contributed by atoms with Gasteiger partial charge in [-0.25, -0.2) is 4.98 Å². The highest BCUT2D eigenvalue weighted by Crippen LogP contribution is 2.38. The molecule has 2 aliphatic rings. The van der Waals surface area contributed by atoms with Gasteiger partial charge in [-0.15, -0.1) is 10.2 Å². The monoisotopic (exact) mass is 271 g/mol. The molecule has 1 saturated heterocycles. The minimum atomic E-state index is 0.335. The minimum absolute atomic E-state index is 0.335. The molecule has 0 aromatic carbocycles. The molecule has 5 nitrogen and oxygen atoms in total. The Kier molecular flexibility index (Phi) is 2.77. The van der Waals surface area contributed by atoms with Crippen molar-refractivity contribution in [3.63, 3.8) is 0 Å². The van der Waals surface area contributed by atoms with Crippen LogP contribution in [-0.2, 0) is 0 Å². The molecule has 2 aromatic heterocycles. The summed E-state index contributed by atoms with van der Waals surface area (Å²) in [5.74, 6) is 2.84. The van der Waals surface area contributed by atoms with E-state index >= 15 is 0 Å². The molecule has 1 saturated carbocycles. The fourth-order valence-electron chi connectivity index (χ4n) is 4.00. The summed E-state index contributed by atoms with van der Waals surface area (Å²) in [6, 6.07) is 3.02. The van der Waals surface area contributed by atoms with Crippen molar-refractivity contribution in [3.05, 3.63) is 23.4 Å². The van der Waals surface area contributed by atoms with Crippen molar-refractivity contribution in [1.82, 2.24) is 24.9 Å². The van der Waals surface area contributed by atoms with Gasteiger partial charge in [0.2, 0.25) is 0 Å². The van der Waals surface area contributed by atoms with Crippen molar-refractivity contribution in [3.8, 4) is 0 Å². The van der Waals surface area contributed by atoms with E-state index in [0.717, 1.165) is 28.9 Å². The maximum atomic E-state index is 4.55. The van der Waals surface area contributed by atoms with E-state index in [1.54, 1.807) is 0 Å². The van der Waals surface area contributed by atoms with Crippen LogP contribution in [0.25, 0.3) is 5.65 Å². The summed E-state index contributed by atoms with van der Waals surface area (Å²) in [7, 11) is 0. The third kappa shape index (κ3) is 1.84. The molecule has 3 atom stereocenters. The zero-order valence-corrected chi connectivity index (χ0v) is 12.1. The maximum Gasteiger partial charge on any atom is 0.164 e. The standard InChI is InChI=1S/C15H21N5/c1-9-7-14-18-19-15(20(14)10(2)16-9)13-8-11-5-3-4-6-12(11)17-13/h7,11-13,17H,3-6,8H2,1-2H3. The molecule has 3 heterocycles. The summed E-state index contributed by atoms with van der Waals surface area (Å²) in [4.78, 5) is 4.55. The zero-order chi connectivity index (χ0) is 13.7. The fourth-order valence-corrected chi connectivity index (χ4v) is 4.00. The molecule has 1 N–H and O–H groups in total. The third-order valence-electron chi connectivity index (χ3n) is 4.89. The SMILES string of the molecule is Cc1cc2nnc(C3CC4CCCCC4N3)n2c(C)n1. The van der Waals surface area contributed by atoms with Gasteiger partial charge in [0.25, 0.3) is 0 Å². The van der Waals surface area contributed by atoms with Gasteiger partial charge in [0.05, 0.1) is 6.04 Å². The summed E-state index contributed by atoms with van der Waals surface area (Å²) in [6.45, 7) is 4.04. The molecular weight excluding hydrogens is 250 g/mol. The molecule has 1 aliphatic carbocycles. The largest absolute Gasteiger partial charge is 0.304 e. The van der Waals surface area contributed by atoms with Crippen LogP contribution >= 0.6 is 0 Å². The van der Waals surface area contributed by atoms with Crippen LogP contribution in [0.4, 0.5) is 0 Å². The number of hydrogen-bond donors (Lipinski definition) is 1. The first kappa shape index (κ1) is 12.3. The highest BCUT2D eigenvalue weighted by molar-refractivity contribution is 5.40. The van der Waals surface area contributed by atoms with Crippen molar-refractivity contribution >= 4 is 5.65 Å². The molecule has 1 aliphatic heterocycles. The Morgan fingerprint density at radius 2 is 2.05 bits per heavy atom. The molecule has 3 unspecified atom stereocenters. The molecule has 0 amide bonds. The first-order valence-electron chi connectivity index (χ1n) is 7.67. The Labute approximate surface area is 118 Å². The van der Waals surface area contributed by atoms with E-state index in [2.05, 4.69) is 24.9 Å². The lowest BCUT2D eigenvalue weighted by atomic mass is 9.85. The van der Waals surface area contributed by atoms with Crippen molar-refractivity contribution in [1.29, 1.82) is 0 Å². The quantitative estimate of drug-likeness (QED) is 0.865. The summed E-state index contributed by atoms with van der Waals surface area (Å²) >= 11 is 0. The second-order valence-electron chi connectivity index (χ2n) is 6.30. The average Bonchev–Trinajstić information content (AvgIpc) is 3.00. The van der Waals surface area contributed by atoms with E-state index in [4.69, 9.17) is 0 Å². The molecule has 0 bridgehead atoms. The Morgan fingerprint density at radius 1 is 1.20 bits per heavy atom.